The summed E-state index contributed by atoms with van der Waals surface area (Å²) in [6.45, 7) is 4.76. The van der Waals surface area contributed by atoms with Gasteiger partial charge in [0.05, 0.1) is 11.7 Å². The van der Waals surface area contributed by atoms with Crippen molar-refractivity contribution in [3.8, 4) is 11.8 Å². The first-order chi connectivity index (χ1) is 10.1. The van der Waals surface area contributed by atoms with E-state index in [0.29, 0.717) is 5.56 Å². The molecule has 4 heteroatoms. The van der Waals surface area contributed by atoms with Crippen LogP contribution in [0.4, 0.5) is 5.82 Å². The first-order valence-electron chi connectivity index (χ1n) is 6.91. The zero-order valence-corrected chi connectivity index (χ0v) is 12.6. The van der Waals surface area contributed by atoms with Gasteiger partial charge in [-0.2, -0.15) is 5.26 Å². The Bertz CT molecular complexity index is 629. The Morgan fingerprint density at radius 3 is 2.71 bits per heavy atom. The normalized spacial score (nSPS) is 10.2. The number of benzene rings is 1. The van der Waals surface area contributed by atoms with E-state index in [1.165, 1.54) is 0 Å². The Balaban J connectivity index is 2.08. The number of hydrogen-bond donors (Lipinski definition) is 0. The molecule has 1 aromatic carbocycles. The van der Waals surface area contributed by atoms with Crippen molar-refractivity contribution in [1.29, 1.82) is 5.26 Å². The van der Waals surface area contributed by atoms with Gasteiger partial charge in [0, 0.05) is 19.8 Å². The predicted octanol–water partition coefficient (Wildman–Crippen LogP) is 3.38. The smallest absolute Gasteiger partial charge is 0.128 e. The van der Waals surface area contributed by atoms with Crippen LogP contribution in [0.3, 0.4) is 0 Å². The molecule has 1 aromatic heterocycles. The van der Waals surface area contributed by atoms with E-state index in [2.05, 4.69) is 17.1 Å². The average molecular weight is 281 g/mol. The predicted molar refractivity (Wildman–Crippen MR) is 83.3 cm³/mol. The molecule has 0 aliphatic carbocycles. The van der Waals surface area contributed by atoms with Crippen LogP contribution in [0.25, 0.3) is 0 Å². The molecule has 0 aliphatic heterocycles. The molecule has 4 nitrogen and oxygen atoms in total. The molecule has 2 rings (SSSR count). The SMILES string of the molecule is CC(C)Oc1cccc(CN(C)c2ccc(C#N)cn2)c1. The lowest BCUT2D eigenvalue weighted by Crippen LogP contribution is -2.17. The lowest BCUT2D eigenvalue weighted by molar-refractivity contribution is 0.242. The molecule has 0 radical (unpaired) electrons. The highest BCUT2D eigenvalue weighted by Crippen LogP contribution is 2.18. The van der Waals surface area contributed by atoms with Gasteiger partial charge >= 0.3 is 0 Å². The number of nitrogens with zero attached hydrogens (tertiary/aromatic N) is 3. The Kier molecular flexibility index (Phi) is 4.78. The van der Waals surface area contributed by atoms with Crippen molar-refractivity contribution in [2.75, 3.05) is 11.9 Å². The number of ether oxygens (including phenoxy) is 1. The van der Waals surface area contributed by atoms with E-state index in [1.807, 2.05) is 50.1 Å². The topological polar surface area (TPSA) is 49.1 Å². The maximum absolute atomic E-state index is 8.79. The Labute approximate surface area is 125 Å². The molecule has 1 heterocycles. The molecule has 0 spiro atoms. The van der Waals surface area contributed by atoms with Gasteiger partial charge in [0.15, 0.2) is 0 Å². The third-order valence-electron chi connectivity index (χ3n) is 2.96. The summed E-state index contributed by atoms with van der Waals surface area (Å²) in [6, 6.07) is 13.8. The average Bonchev–Trinajstić information content (AvgIpc) is 2.47. The first-order valence-corrected chi connectivity index (χ1v) is 6.91. The van der Waals surface area contributed by atoms with E-state index >= 15 is 0 Å². The molecule has 0 fully saturated rings. The van der Waals surface area contributed by atoms with Crippen molar-refractivity contribution >= 4 is 5.82 Å². The molecule has 2 aromatic rings. The molecule has 0 saturated carbocycles. The Hall–Kier alpha value is -2.54. The van der Waals surface area contributed by atoms with Gasteiger partial charge in [-0.25, -0.2) is 4.98 Å². The van der Waals surface area contributed by atoms with Gasteiger partial charge in [-0.3, -0.25) is 0 Å². The van der Waals surface area contributed by atoms with Gasteiger partial charge in [-0.15, -0.1) is 0 Å². The first kappa shape index (κ1) is 14.9. The summed E-state index contributed by atoms with van der Waals surface area (Å²) < 4.78 is 5.70. The van der Waals surface area contributed by atoms with Crippen LogP contribution in [0.5, 0.6) is 5.75 Å². The highest BCUT2D eigenvalue weighted by Gasteiger charge is 2.05. The highest BCUT2D eigenvalue weighted by atomic mass is 16.5. The molecule has 0 N–H and O–H groups in total. The molecule has 0 unspecified atom stereocenters. The van der Waals surface area contributed by atoms with Crippen LogP contribution in [0.2, 0.25) is 0 Å². The van der Waals surface area contributed by atoms with Crippen LogP contribution in [0.15, 0.2) is 42.6 Å². The molecule has 0 atom stereocenters. The van der Waals surface area contributed by atoms with Gasteiger partial charge in [-0.05, 0) is 43.7 Å². The number of anilines is 1. The molecular weight excluding hydrogens is 262 g/mol. The van der Waals surface area contributed by atoms with Gasteiger partial charge in [0.25, 0.3) is 0 Å². The molecule has 0 bridgehead atoms. The molecule has 0 saturated heterocycles. The lowest BCUT2D eigenvalue weighted by atomic mass is 10.2. The van der Waals surface area contributed by atoms with Crippen LogP contribution >= 0.6 is 0 Å². The zero-order valence-electron chi connectivity index (χ0n) is 12.6. The largest absolute Gasteiger partial charge is 0.491 e. The molecule has 108 valence electrons. The van der Waals surface area contributed by atoms with Crippen molar-refractivity contribution in [1.82, 2.24) is 4.98 Å². The fraction of sp³-hybridized carbons (Fsp3) is 0.294. The standard InChI is InChI=1S/C17H19N3O/c1-13(2)21-16-6-4-5-14(9-16)12-20(3)17-8-7-15(10-18)11-19-17/h4-9,11,13H,12H2,1-3H3. The summed E-state index contributed by atoms with van der Waals surface area (Å²) in [7, 11) is 1.98. The zero-order chi connectivity index (χ0) is 15.2. The van der Waals surface area contributed by atoms with E-state index in [-0.39, 0.29) is 6.10 Å². The van der Waals surface area contributed by atoms with Crippen LogP contribution in [-0.4, -0.2) is 18.1 Å². The Morgan fingerprint density at radius 1 is 1.29 bits per heavy atom. The van der Waals surface area contributed by atoms with Crippen LogP contribution in [0, 0.1) is 11.3 Å². The maximum Gasteiger partial charge on any atom is 0.128 e. The van der Waals surface area contributed by atoms with E-state index < -0.39 is 0 Å². The molecular formula is C17H19N3O. The highest BCUT2D eigenvalue weighted by molar-refractivity contribution is 5.42. The van der Waals surface area contributed by atoms with E-state index in [0.717, 1.165) is 23.7 Å². The van der Waals surface area contributed by atoms with Crippen LogP contribution in [-0.2, 0) is 6.54 Å². The molecule has 21 heavy (non-hydrogen) atoms. The number of rotatable bonds is 5. The van der Waals surface area contributed by atoms with Gasteiger partial charge in [0.1, 0.15) is 17.6 Å². The van der Waals surface area contributed by atoms with Crippen molar-refractivity contribution in [2.45, 2.75) is 26.5 Å². The van der Waals surface area contributed by atoms with E-state index in [1.54, 1.807) is 12.3 Å². The summed E-state index contributed by atoms with van der Waals surface area (Å²) in [4.78, 5) is 6.33. The number of aromatic nitrogens is 1. The maximum atomic E-state index is 8.79. The van der Waals surface area contributed by atoms with Crippen molar-refractivity contribution in [3.05, 3.63) is 53.7 Å². The monoisotopic (exact) mass is 281 g/mol. The molecule has 0 amide bonds. The minimum atomic E-state index is 0.165. The second-order valence-corrected chi connectivity index (χ2v) is 5.19. The minimum Gasteiger partial charge on any atom is -0.491 e. The summed E-state index contributed by atoms with van der Waals surface area (Å²) >= 11 is 0. The van der Waals surface area contributed by atoms with E-state index in [9.17, 15) is 0 Å². The van der Waals surface area contributed by atoms with Crippen molar-refractivity contribution in [3.63, 3.8) is 0 Å². The number of pyridine rings is 1. The number of hydrogen-bond acceptors (Lipinski definition) is 4. The van der Waals surface area contributed by atoms with Crippen LogP contribution in [0.1, 0.15) is 25.0 Å². The fourth-order valence-corrected chi connectivity index (χ4v) is 2.02. The summed E-state index contributed by atoms with van der Waals surface area (Å²) in [5.74, 6) is 1.72. The summed E-state index contributed by atoms with van der Waals surface area (Å²) in [5.41, 5.74) is 1.72. The van der Waals surface area contributed by atoms with Gasteiger partial charge in [-0.1, -0.05) is 12.1 Å². The number of nitriles is 1. The van der Waals surface area contributed by atoms with Gasteiger partial charge in [0.2, 0.25) is 0 Å². The van der Waals surface area contributed by atoms with Crippen molar-refractivity contribution < 1.29 is 4.74 Å². The molecule has 0 aliphatic rings. The van der Waals surface area contributed by atoms with Gasteiger partial charge < -0.3 is 9.64 Å². The minimum absolute atomic E-state index is 0.165. The second-order valence-electron chi connectivity index (χ2n) is 5.19. The summed E-state index contributed by atoms with van der Waals surface area (Å²) in [5, 5.41) is 8.79. The van der Waals surface area contributed by atoms with E-state index in [4.69, 9.17) is 10.00 Å². The van der Waals surface area contributed by atoms with Crippen LogP contribution < -0.4 is 9.64 Å². The lowest BCUT2D eigenvalue weighted by Gasteiger charge is -2.19. The quantitative estimate of drug-likeness (QED) is 0.843. The summed E-state index contributed by atoms with van der Waals surface area (Å²) in [6.07, 6.45) is 1.75. The third-order valence-corrected chi connectivity index (χ3v) is 2.96. The Morgan fingerprint density at radius 2 is 2.10 bits per heavy atom. The third kappa shape index (κ3) is 4.22. The fourth-order valence-electron chi connectivity index (χ4n) is 2.02. The second kappa shape index (κ2) is 6.76. The van der Waals surface area contributed by atoms with Crippen molar-refractivity contribution in [2.24, 2.45) is 0 Å².